The van der Waals surface area contributed by atoms with Crippen LogP contribution in [-0.4, -0.2) is 38.6 Å². The first-order chi connectivity index (χ1) is 12.1. The molecule has 0 radical (unpaired) electrons. The highest BCUT2D eigenvalue weighted by Crippen LogP contribution is 2.41. The van der Waals surface area contributed by atoms with Gasteiger partial charge in [-0.1, -0.05) is 12.8 Å². The molecule has 1 aromatic heterocycles. The number of benzene rings is 1. The predicted octanol–water partition coefficient (Wildman–Crippen LogP) is 2.22. The molecule has 4 rings (SSSR count). The quantitative estimate of drug-likeness (QED) is 0.894. The lowest BCUT2D eigenvalue weighted by Gasteiger charge is -2.38. The lowest BCUT2D eigenvalue weighted by atomic mass is 9.83. The lowest BCUT2D eigenvalue weighted by Crippen LogP contribution is -2.59. The summed E-state index contributed by atoms with van der Waals surface area (Å²) in [7, 11) is 0. The molecule has 1 saturated heterocycles. The summed E-state index contributed by atoms with van der Waals surface area (Å²) in [6, 6.07) is 5.42. The van der Waals surface area contributed by atoms with Crippen molar-refractivity contribution in [2.24, 2.45) is 5.41 Å². The number of rotatable bonds is 3. The number of carbonyl (C=O) groups excluding carboxylic acids is 2. The molecule has 2 aliphatic rings. The molecule has 0 bridgehead atoms. The van der Waals surface area contributed by atoms with E-state index in [0.29, 0.717) is 23.8 Å². The molecule has 8 heteroatoms. The number of imide groups is 1. The van der Waals surface area contributed by atoms with Crippen LogP contribution in [0, 0.1) is 11.2 Å². The zero-order valence-corrected chi connectivity index (χ0v) is 13.6. The Balaban J connectivity index is 1.54. The summed E-state index contributed by atoms with van der Waals surface area (Å²) in [4.78, 5) is 30.5. The summed E-state index contributed by atoms with van der Waals surface area (Å²) < 4.78 is 13.0. The van der Waals surface area contributed by atoms with Crippen molar-refractivity contribution in [3.8, 4) is 11.4 Å². The van der Waals surface area contributed by atoms with Crippen LogP contribution < -0.4 is 5.32 Å². The molecule has 2 N–H and O–H groups in total. The number of H-pyrrole nitrogens is 1. The van der Waals surface area contributed by atoms with Gasteiger partial charge in [-0.2, -0.15) is 5.10 Å². The van der Waals surface area contributed by atoms with E-state index in [-0.39, 0.29) is 18.3 Å². The Morgan fingerprint density at radius 1 is 1.16 bits per heavy atom. The van der Waals surface area contributed by atoms with Crippen molar-refractivity contribution in [2.45, 2.75) is 32.2 Å². The molecule has 1 spiro atoms. The van der Waals surface area contributed by atoms with Gasteiger partial charge in [-0.05, 0) is 37.1 Å². The van der Waals surface area contributed by atoms with Crippen LogP contribution in [0.5, 0.6) is 0 Å². The molecule has 0 unspecified atom stereocenters. The topological polar surface area (TPSA) is 91.0 Å². The average molecular weight is 343 g/mol. The third-order valence-electron chi connectivity index (χ3n) is 5.02. The number of aromatic nitrogens is 3. The number of aromatic amines is 1. The van der Waals surface area contributed by atoms with E-state index < -0.39 is 11.4 Å². The highest BCUT2D eigenvalue weighted by molar-refractivity contribution is 6.00. The third kappa shape index (κ3) is 2.77. The maximum atomic E-state index is 13.0. The van der Waals surface area contributed by atoms with E-state index in [4.69, 9.17) is 0 Å². The van der Waals surface area contributed by atoms with E-state index in [2.05, 4.69) is 20.5 Å². The van der Waals surface area contributed by atoms with Gasteiger partial charge in [-0.15, -0.1) is 0 Å². The van der Waals surface area contributed by atoms with E-state index in [9.17, 15) is 14.0 Å². The summed E-state index contributed by atoms with van der Waals surface area (Å²) in [5.41, 5.74) is 0.193. The first-order valence-corrected chi connectivity index (χ1v) is 8.34. The predicted molar refractivity (Wildman–Crippen MR) is 86.6 cm³/mol. The van der Waals surface area contributed by atoms with Crippen LogP contribution in [0.3, 0.4) is 0 Å². The van der Waals surface area contributed by atoms with Crippen LogP contribution in [0.15, 0.2) is 24.3 Å². The number of hydrogen-bond donors (Lipinski definition) is 2. The van der Waals surface area contributed by atoms with Crippen LogP contribution in [-0.2, 0) is 11.3 Å². The van der Waals surface area contributed by atoms with E-state index in [1.165, 1.54) is 17.0 Å². The number of carbonyl (C=O) groups is 2. The zero-order valence-electron chi connectivity index (χ0n) is 13.6. The second kappa shape index (κ2) is 5.94. The Kier molecular flexibility index (Phi) is 3.74. The minimum Gasteiger partial charge on any atom is -0.337 e. The standard InChI is InChI=1S/C17H18FN5O2/c18-12-5-3-11(4-6-12)14-20-13(21-22-14)9-23-15(24)17(7-1-2-8-17)10-19-16(23)25/h3-6H,1-2,7-10H2,(H,19,25)(H,20,21,22). The van der Waals surface area contributed by atoms with E-state index in [0.717, 1.165) is 25.7 Å². The Morgan fingerprint density at radius 2 is 1.88 bits per heavy atom. The molecule has 2 fully saturated rings. The third-order valence-corrected chi connectivity index (χ3v) is 5.02. The second-order valence-corrected chi connectivity index (χ2v) is 6.65. The molecule has 7 nitrogen and oxygen atoms in total. The van der Waals surface area contributed by atoms with Gasteiger partial charge in [0.15, 0.2) is 5.82 Å². The lowest BCUT2D eigenvalue weighted by molar-refractivity contribution is -0.141. The number of hydrogen-bond acceptors (Lipinski definition) is 4. The van der Waals surface area contributed by atoms with Gasteiger partial charge in [0.05, 0.1) is 12.0 Å². The van der Waals surface area contributed by atoms with Gasteiger partial charge in [-0.25, -0.2) is 14.2 Å². The Labute approximate surface area is 143 Å². The van der Waals surface area contributed by atoms with Gasteiger partial charge < -0.3 is 5.32 Å². The first-order valence-electron chi connectivity index (χ1n) is 8.34. The van der Waals surface area contributed by atoms with Gasteiger partial charge in [0.2, 0.25) is 5.91 Å². The number of amides is 3. The van der Waals surface area contributed by atoms with Crippen molar-refractivity contribution in [3.63, 3.8) is 0 Å². The Morgan fingerprint density at radius 3 is 2.60 bits per heavy atom. The average Bonchev–Trinajstić information content (AvgIpc) is 3.27. The smallest absolute Gasteiger partial charge is 0.324 e. The van der Waals surface area contributed by atoms with Crippen LogP contribution in [0.4, 0.5) is 9.18 Å². The monoisotopic (exact) mass is 343 g/mol. The first kappa shape index (κ1) is 15.7. The SMILES string of the molecule is O=C1NCC2(CCCC2)C(=O)N1Cc1nc(-c2ccc(F)cc2)n[nH]1. The number of urea groups is 1. The summed E-state index contributed by atoms with van der Waals surface area (Å²) in [5, 5.41) is 9.67. The van der Waals surface area contributed by atoms with E-state index in [1.807, 2.05) is 0 Å². The molecule has 1 aliphatic carbocycles. The molecule has 3 amide bonds. The normalized spacial score (nSPS) is 19.5. The minimum atomic E-state index is -0.465. The van der Waals surface area contributed by atoms with Gasteiger partial charge in [0.25, 0.3) is 0 Å². The molecule has 130 valence electrons. The number of nitrogens with zero attached hydrogens (tertiary/aromatic N) is 3. The number of halogens is 1. The molecule has 1 aromatic carbocycles. The number of nitrogens with one attached hydrogen (secondary N) is 2. The van der Waals surface area contributed by atoms with Gasteiger partial charge in [0.1, 0.15) is 11.6 Å². The minimum absolute atomic E-state index is 0.0423. The Hall–Kier alpha value is -2.77. The second-order valence-electron chi connectivity index (χ2n) is 6.65. The van der Waals surface area contributed by atoms with Crippen LogP contribution in [0.25, 0.3) is 11.4 Å². The van der Waals surface area contributed by atoms with Crippen molar-refractivity contribution < 1.29 is 14.0 Å². The molecule has 2 aromatic rings. The molecule has 25 heavy (non-hydrogen) atoms. The van der Waals surface area contributed by atoms with Crippen LogP contribution in [0.2, 0.25) is 0 Å². The molecular formula is C17H18FN5O2. The maximum absolute atomic E-state index is 13.0. The highest BCUT2D eigenvalue weighted by atomic mass is 19.1. The molecule has 2 heterocycles. The zero-order chi connectivity index (χ0) is 17.4. The summed E-state index contributed by atoms with van der Waals surface area (Å²) in [6.07, 6.45) is 3.62. The fraction of sp³-hybridized carbons (Fsp3) is 0.412. The van der Waals surface area contributed by atoms with Crippen molar-refractivity contribution >= 4 is 11.9 Å². The summed E-state index contributed by atoms with van der Waals surface area (Å²) in [5.74, 6) is 0.346. The highest BCUT2D eigenvalue weighted by Gasteiger charge is 2.48. The van der Waals surface area contributed by atoms with Crippen LogP contribution in [0.1, 0.15) is 31.5 Å². The van der Waals surface area contributed by atoms with E-state index >= 15 is 0 Å². The van der Waals surface area contributed by atoms with E-state index in [1.54, 1.807) is 12.1 Å². The van der Waals surface area contributed by atoms with Crippen molar-refractivity contribution in [1.82, 2.24) is 25.4 Å². The van der Waals surface area contributed by atoms with Crippen molar-refractivity contribution in [3.05, 3.63) is 35.9 Å². The molecule has 1 saturated carbocycles. The van der Waals surface area contributed by atoms with Crippen molar-refractivity contribution in [1.29, 1.82) is 0 Å². The van der Waals surface area contributed by atoms with Gasteiger partial charge in [0, 0.05) is 12.1 Å². The fourth-order valence-corrected chi connectivity index (χ4v) is 3.62. The largest absolute Gasteiger partial charge is 0.337 e. The fourth-order valence-electron chi connectivity index (χ4n) is 3.62. The summed E-state index contributed by atoms with van der Waals surface area (Å²) >= 11 is 0. The van der Waals surface area contributed by atoms with Gasteiger partial charge in [-0.3, -0.25) is 14.8 Å². The molecule has 0 atom stereocenters. The Bertz CT molecular complexity index is 811. The van der Waals surface area contributed by atoms with Crippen LogP contribution >= 0.6 is 0 Å². The van der Waals surface area contributed by atoms with Crippen molar-refractivity contribution in [2.75, 3.05) is 6.54 Å². The summed E-state index contributed by atoms with van der Waals surface area (Å²) in [6.45, 7) is 0.457. The molecular weight excluding hydrogens is 325 g/mol. The maximum Gasteiger partial charge on any atom is 0.324 e. The molecule has 1 aliphatic heterocycles. The van der Waals surface area contributed by atoms with Gasteiger partial charge >= 0.3 is 6.03 Å².